The summed E-state index contributed by atoms with van der Waals surface area (Å²) in [5.74, 6) is 0.328. The number of aromatic nitrogens is 4. The Morgan fingerprint density at radius 2 is 2.16 bits per heavy atom. The number of thiophene rings is 1. The summed E-state index contributed by atoms with van der Waals surface area (Å²) in [6.07, 6.45) is 5.69. The Morgan fingerprint density at radius 1 is 1.26 bits per heavy atom. The van der Waals surface area contributed by atoms with E-state index in [-0.39, 0.29) is 17.5 Å². The van der Waals surface area contributed by atoms with Gasteiger partial charge >= 0.3 is 0 Å². The van der Waals surface area contributed by atoms with Gasteiger partial charge in [-0.15, -0.1) is 16.4 Å². The van der Waals surface area contributed by atoms with Crippen LogP contribution < -0.4 is 5.32 Å². The molecule has 0 fully saturated rings. The molecule has 1 atom stereocenters. The number of amides is 1. The summed E-state index contributed by atoms with van der Waals surface area (Å²) in [6, 6.07) is 10.3. The van der Waals surface area contributed by atoms with E-state index in [0.29, 0.717) is 27.7 Å². The molecule has 1 amide bonds. The largest absolute Gasteiger partial charge is 0.461 e. The molecule has 0 spiro atoms. The van der Waals surface area contributed by atoms with Crippen LogP contribution in [0.4, 0.5) is 5.00 Å². The summed E-state index contributed by atoms with van der Waals surface area (Å²) < 4.78 is 6.83. The van der Waals surface area contributed by atoms with Crippen LogP contribution in [0.3, 0.4) is 0 Å². The highest BCUT2D eigenvalue weighted by molar-refractivity contribution is 7.17. The number of ketones is 1. The molecule has 1 unspecified atom stereocenters. The number of furan rings is 1. The Balaban J connectivity index is 1.50. The molecule has 0 bridgehead atoms. The van der Waals surface area contributed by atoms with Crippen LogP contribution in [0.25, 0.3) is 5.69 Å². The van der Waals surface area contributed by atoms with Crippen molar-refractivity contribution in [3.05, 3.63) is 76.3 Å². The van der Waals surface area contributed by atoms with Gasteiger partial charge in [-0.05, 0) is 71.5 Å². The maximum atomic E-state index is 13.2. The van der Waals surface area contributed by atoms with Crippen molar-refractivity contribution in [3.63, 3.8) is 0 Å². The van der Waals surface area contributed by atoms with Crippen molar-refractivity contribution in [3.8, 4) is 5.69 Å². The van der Waals surface area contributed by atoms with E-state index < -0.39 is 0 Å². The van der Waals surface area contributed by atoms with Crippen molar-refractivity contribution in [2.75, 3.05) is 5.32 Å². The smallest absolute Gasteiger partial charge is 0.256 e. The summed E-state index contributed by atoms with van der Waals surface area (Å²) >= 11 is 1.48. The molecule has 3 heterocycles. The minimum absolute atomic E-state index is 0.199. The van der Waals surface area contributed by atoms with Crippen LogP contribution >= 0.6 is 11.3 Å². The molecule has 8 nitrogen and oxygen atoms in total. The maximum absolute atomic E-state index is 13.2. The van der Waals surface area contributed by atoms with E-state index in [0.717, 1.165) is 29.7 Å². The van der Waals surface area contributed by atoms with Crippen molar-refractivity contribution in [2.45, 2.75) is 26.2 Å². The zero-order valence-electron chi connectivity index (χ0n) is 16.7. The highest BCUT2D eigenvalue weighted by Gasteiger charge is 2.30. The predicted molar refractivity (Wildman–Crippen MR) is 115 cm³/mol. The van der Waals surface area contributed by atoms with Gasteiger partial charge in [-0.2, -0.15) is 0 Å². The van der Waals surface area contributed by atoms with Crippen molar-refractivity contribution in [1.82, 2.24) is 20.2 Å². The van der Waals surface area contributed by atoms with Crippen LogP contribution in [-0.2, 0) is 12.8 Å². The molecule has 0 aliphatic heterocycles. The average Bonchev–Trinajstić information content (AvgIpc) is 3.53. The van der Waals surface area contributed by atoms with E-state index >= 15 is 0 Å². The highest BCUT2D eigenvalue weighted by Crippen LogP contribution is 2.41. The molecule has 9 heteroatoms. The van der Waals surface area contributed by atoms with Gasteiger partial charge in [0.25, 0.3) is 5.91 Å². The first-order chi connectivity index (χ1) is 15.1. The summed E-state index contributed by atoms with van der Waals surface area (Å²) in [4.78, 5) is 27.4. The Bertz CT molecular complexity index is 1240. The van der Waals surface area contributed by atoms with E-state index in [1.165, 1.54) is 28.6 Å². The summed E-state index contributed by atoms with van der Waals surface area (Å²) in [7, 11) is 0. The third-order valence-corrected chi connectivity index (χ3v) is 6.60. The molecule has 0 radical (unpaired) electrons. The van der Waals surface area contributed by atoms with Crippen LogP contribution in [0.2, 0.25) is 0 Å². The van der Waals surface area contributed by atoms with E-state index in [9.17, 15) is 9.59 Å². The number of anilines is 1. The van der Waals surface area contributed by atoms with Gasteiger partial charge in [0.05, 0.1) is 17.5 Å². The van der Waals surface area contributed by atoms with Gasteiger partial charge in [-0.25, -0.2) is 4.68 Å². The molecular weight excluding hydrogens is 414 g/mol. The Labute approximate surface area is 181 Å². The number of tetrazole rings is 1. The van der Waals surface area contributed by atoms with Crippen molar-refractivity contribution in [1.29, 1.82) is 0 Å². The number of benzene rings is 1. The van der Waals surface area contributed by atoms with E-state index in [4.69, 9.17) is 4.42 Å². The minimum Gasteiger partial charge on any atom is -0.461 e. The van der Waals surface area contributed by atoms with Crippen LogP contribution in [0.15, 0.2) is 53.4 Å². The number of carbonyl (C=O) groups excluding carboxylic acids is 2. The van der Waals surface area contributed by atoms with Crippen LogP contribution in [0.1, 0.15) is 50.3 Å². The zero-order chi connectivity index (χ0) is 21.4. The summed E-state index contributed by atoms with van der Waals surface area (Å²) in [5.41, 5.74) is 2.70. The van der Waals surface area contributed by atoms with Crippen molar-refractivity contribution < 1.29 is 14.0 Å². The average molecular weight is 433 g/mol. The second-order valence-corrected chi connectivity index (χ2v) is 8.73. The van der Waals surface area contributed by atoms with E-state index in [2.05, 4.69) is 27.8 Å². The lowest BCUT2D eigenvalue weighted by atomic mass is 9.87. The number of nitrogens with zero attached hydrogens (tertiary/aromatic N) is 4. The van der Waals surface area contributed by atoms with Gasteiger partial charge in [0, 0.05) is 10.4 Å². The normalized spacial score (nSPS) is 15.5. The lowest BCUT2D eigenvalue weighted by molar-refractivity contribution is 0.101. The van der Waals surface area contributed by atoms with Crippen molar-refractivity contribution in [2.24, 2.45) is 5.92 Å². The zero-order valence-corrected chi connectivity index (χ0v) is 17.6. The van der Waals surface area contributed by atoms with Gasteiger partial charge in [0.1, 0.15) is 11.3 Å². The summed E-state index contributed by atoms with van der Waals surface area (Å²) in [6.45, 7) is 2.21. The Morgan fingerprint density at radius 3 is 2.94 bits per heavy atom. The number of carbonyl (C=O) groups is 2. The highest BCUT2D eigenvalue weighted by atomic mass is 32.1. The standard InChI is InChI=1S/C22H19N5O3S/c1-13-7-8-16-18(10-13)31-22(19(16)20(28)17-6-3-9-30-17)24-21(29)14-4-2-5-15(11-14)27-12-23-25-26-27/h2-6,9,11-13H,7-8,10H2,1H3,(H,24,29). The quantitative estimate of drug-likeness (QED) is 0.479. The van der Waals surface area contributed by atoms with E-state index in [1.807, 2.05) is 6.07 Å². The number of hydrogen-bond acceptors (Lipinski definition) is 7. The SMILES string of the molecule is CC1CCc2c(sc(NC(=O)c3cccc(-n4cnnn4)c3)c2C(=O)c2ccco2)C1. The minimum atomic E-state index is -0.296. The molecule has 31 heavy (non-hydrogen) atoms. The molecule has 1 aliphatic carbocycles. The van der Waals surface area contributed by atoms with Crippen LogP contribution in [-0.4, -0.2) is 31.9 Å². The number of fused-ring (bicyclic) bond motifs is 1. The lowest BCUT2D eigenvalue weighted by Gasteiger charge is -2.18. The van der Waals surface area contributed by atoms with Crippen LogP contribution in [0.5, 0.6) is 0 Å². The third-order valence-electron chi connectivity index (χ3n) is 5.43. The molecule has 1 aliphatic rings. The summed E-state index contributed by atoms with van der Waals surface area (Å²) in [5, 5.41) is 14.7. The molecule has 1 N–H and O–H groups in total. The second kappa shape index (κ2) is 7.92. The number of rotatable bonds is 5. The lowest BCUT2D eigenvalue weighted by Crippen LogP contribution is -2.16. The fourth-order valence-corrected chi connectivity index (χ4v) is 5.26. The third kappa shape index (κ3) is 3.68. The molecule has 156 valence electrons. The number of nitrogens with one attached hydrogen (secondary N) is 1. The fourth-order valence-electron chi connectivity index (χ4n) is 3.85. The molecular formula is C22H19N5O3S. The van der Waals surface area contributed by atoms with Gasteiger partial charge in [0.2, 0.25) is 5.78 Å². The first kappa shape index (κ1) is 19.4. The molecule has 5 rings (SSSR count). The fraction of sp³-hybridized carbons (Fsp3) is 0.227. The van der Waals surface area contributed by atoms with E-state index in [1.54, 1.807) is 30.3 Å². The monoisotopic (exact) mass is 433 g/mol. The second-order valence-electron chi connectivity index (χ2n) is 7.62. The van der Waals surface area contributed by atoms with Gasteiger partial charge < -0.3 is 9.73 Å². The Hall–Kier alpha value is -3.59. The first-order valence-corrected chi connectivity index (χ1v) is 10.8. The van der Waals surface area contributed by atoms with Crippen LogP contribution in [0, 0.1) is 5.92 Å². The first-order valence-electron chi connectivity index (χ1n) is 9.97. The molecule has 1 aromatic carbocycles. The van der Waals surface area contributed by atoms with Gasteiger partial charge in [-0.3, -0.25) is 9.59 Å². The predicted octanol–water partition coefficient (Wildman–Crippen LogP) is 3.92. The van der Waals surface area contributed by atoms with Gasteiger partial charge in [-0.1, -0.05) is 13.0 Å². The topological polar surface area (TPSA) is 103 Å². The molecule has 3 aromatic heterocycles. The van der Waals surface area contributed by atoms with Gasteiger partial charge in [0.15, 0.2) is 5.76 Å². The molecule has 4 aromatic rings. The number of hydrogen-bond donors (Lipinski definition) is 1. The molecule has 0 saturated carbocycles. The Kier molecular flexibility index (Phi) is 4.95. The van der Waals surface area contributed by atoms with Crippen molar-refractivity contribution >= 4 is 28.0 Å². The molecule has 0 saturated heterocycles. The maximum Gasteiger partial charge on any atom is 0.256 e.